The van der Waals surface area contributed by atoms with E-state index in [1.54, 1.807) is 6.26 Å². The Morgan fingerprint density at radius 2 is 2.12 bits per heavy atom. The molecule has 0 aromatic carbocycles. The van der Waals surface area contributed by atoms with Gasteiger partial charge in [0.25, 0.3) is 0 Å². The summed E-state index contributed by atoms with van der Waals surface area (Å²) in [5, 5.41) is 7.46. The largest absolute Gasteiger partial charge is 0.461 e. The highest BCUT2D eigenvalue weighted by atomic mass is 16.5. The van der Waals surface area contributed by atoms with E-state index in [9.17, 15) is 0 Å². The Morgan fingerprint density at radius 3 is 2.71 bits per heavy atom. The molecule has 0 unspecified atom stereocenters. The fourth-order valence-corrected chi connectivity index (χ4v) is 1.52. The lowest BCUT2D eigenvalue weighted by molar-refractivity contribution is 0.387. The molecule has 0 spiro atoms. The van der Waals surface area contributed by atoms with Crippen LogP contribution in [0, 0.1) is 6.92 Å². The molecule has 0 bridgehead atoms. The number of aromatic nitrogens is 1. The third-order valence-electron chi connectivity index (χ3n) is 2.55. The Labute approximate surface area is 101 Å². The fourth-order valence-electron chi connectivity index (χ4n) is 1.52. The highest BCUT2D eigenvalue weighted by Crippen LogP contribution is 2.26. The molecule has 0 atom stereocenters. The van der Waals surface area contributed by atoms with Gasteiger partial charge >= 0.3 is 0 Å². The minimum Gasteiger partial charge on any atom is -0.461 e. The van der Waals surface area contributed by atoms with E-state index in [0.29, 0.717) is 12.3 Å². The van der Waals surface area contributed by atoms with Crippen molar-refractivity contribution in [2.24, 2.45) is 0 Å². The van der Waals surface area contributed by atoms with Crippen LogP contribution < -0.4 is 5.32 Å². The van der Waals surface area contributed by atoms with Crippen LogP contribution >= 0.6 is 0 Å². The van der Waals surface area contributed by atoms with E-state index in [0.717, 1.165) is 17.0 Å². The van der Waals surface area contributed by atoms with Crippen molar-refractivity contribution in [3.05, 3.63) is 29.7 Å². The molecule has 0 aliphatic carbocycles. The first-order valence-electron chi connectivity index (χ1n) is 5.71. The molecule has 0 radical (unpaired) electrons. The van der Waals surface area contributed by atoms with E-state index < -0.39 is 0 Å². The molecule has 4 nitrogen and oxygen atoms in total. The molecule has 0 saturated heterocycles. The molecule has 2 rings (SSSR count). The zero-order valence-electron chi connectivity index (χ0n) is 10.7. The smallest absolute Gasteiger partial charge is 0.205 e. The minimum absolute atomic E-state index is 0.0657. The normalized spacial score (nSPS) is 12.0. The number of rotatable bonds is 3. The summed E-state index contributed by atoms with van der Waals surface area (Å²) in [6.45, 7) is 9.05. The van der Waals surface area contributed by atoms with E-state index in [4.69, 9.17) is 8.94 Å². The minimum atomic E-state index is 0.0657. The zero-order valence-corrected chi connectivity index (χ0v) is 10.7. The summed E-state index contributed by atoms with van der Waals surface area (Å²) in [5.74, 6) is 1.43. The predicted molar refractivity (Wildman–Crippen MR) is 65.5 cm³/mol. The van der Waals surface area contributed by atoms with Gasteiger partial charge in [0.2, 0.25) is 5.76 Å². The van der Waals surface area contributed by atoms with Gasteiger partial charge in [0.05, 0.1) is 6.26 Å². The maximum absolute atomic E-state index is 5.32. The van der Waals surface area contributed by atoms with Gasteiger partial charge in [-0.1, -0.05) is 5.16 Å². The van der Waals surface area contributed by atoms with Gasteiger partial charge in [-0.3, -0.25) is 0 Å². The van der Waals surface area contributed by atoms with Crippen molar-refractivity contribution < 1.29 is 8.94 Å². The van der Waals surface area contributed by atoms with Crippen molar-refractivity contribution in [1.82, 2.24) is 10.5 Å². The Balaban J connectivity index is 2.16. The highest BCUT2D eigenvalue weighted by molar-refractivity contribution is 5.55. The van der Waals surface area contributed by atoms with Crippen LogP contribution in [0.4, 0.5) is 0 Å². The van der Waals surface area contributed by atoms with Crippen LogP contribution in [0.2, 0.25) is 0 Å². The van der Waals surface area contributed by atoms with Gasteiger partial charge in [-0.25, -0.2) is 0 Å². The lowest BCUT2D eigenvalue weighted by Crippen LogP contribution is -2.35. The molecule has 2 heterocycles. The highest BCUT2D eigenvalue weighted by Gasteiger charge is 2.17. The van der Waals surface area contributed by atoms with Gasteiger partial charge in [-0.05, 0) is 39.8 Å². The second-order valence-electron chi connectivity index (χ2n) is 5.16. The average molecular weight is 234 g/mol. The summed E-state index contributed by atoms with van der Waals surface area (Å²) in [6.07, 6.45) is 1.63. The Hall–Kier alpha value is -1.55. The summed E-state index contributed by atoms with van der Waals surface area (Å²) < 4.78 is 10.6. The molecule has 2 aromatic rings. The molecular formula is C13H18N2O2. The maximum atomic E-state index is 5.32. The molecular weight excluding hydrogens is 216 g/mol. The molecule has 92 valence electrons. The zero-order chi connectivity index (χ0) is 12.5. The van der Waals surface area contributed by atoms with E-state index in [-0.39, 0.29) is 5.54 Å². The molecule has 0 aliphatic heterocycles. The number of furan rings is 1. The number of hydrogen-bond acceptors (Lipinski definition) is 4. The Bertz CT molecular complexity index is 478. The Morgan fingerprint density at radius 1 is 1.35 bits per heavy atom. The SMILES string of the molecule is Cc1c(CNC(C)(C)C)noc1-c1ccco1. The number of hydrogen-bond donors (Lipinski definition) is 1. The van der Waals surface area contributed by atoms with Crippen molar-refractivity contribution in [3.63, 3.8) is 0 Å². The van der Waals surface area contributed by atoms with Crippen LogP contribution in [0.1, 0.15) is 32.0 Å². The second-order valence-corrected chi connectivity index (χ2v) is 5.16. The first-order chi connectivity index (χ1) is 7.97. The predicted octanol–water partition coefficient (Wildman–Crippen LogP) is 3.13. The van der Waals surface area contributed by atoms with Gasteiger partial charge < -0.3 is 14.3 Å². The lowest BCUT2D eigenvalue weighted by atomic mass is 10.1. The maximum Gasteiger partial charge on any atom is 0.205 e. The summed E-state index contributed by atoms with van der Waals surface area (Å²) in [7, 11) is 0. The third-order valence-corrected chi connectivity index (χ3v) is 2.55. The molecule has 1 N–H and O–H groups in total. The quantitative estimate of drug-likeness (QED) is 0.886. The first-order valence-corrected chi connectivity index (χ1v) is 5.71. The Kier molecular flexibility index (Phi) is 3.07. The van der Waals surface area contributed by atoms with Crippen molar-refractivity contribution in [3.8, 4) is 11.5 Å². The standard InChI is InChI=1S/C13H18N2O2/c1-9-10(8-14-13(2,3)4)15-17-12(9)11-6-5-7-16-11/h5-7,14H,8H2,1-4H3. The van der Waals surface area contributed by atoms with E-state index in [1.807, 2.05) is 19.1 Å². The third kappa shape index (κ3) is 2.77. The van der Waals surface area contributed by atoms with Gasteiger partial charge in [-0.15, -0.1) is 0 Å². The van der Waals surface area contributed by atoms with Crippen LogP contribution in [-0.4, -0.2) is 10.7 Å². The molecule has 17 heavy (non-hydrogen) atoms. The molecule has 0 saturated carbocycles. The van der Waals surface area contributed by atoms with Crippen molar-refractivity contribution >= 4 is 0 Å². The van der Waals surface area contributed by atoms with Crippen molar-refractivity contribution in [1.29, 1.82) is 0 Å². The van der Waals surface area contributed by atoms with Gasteiger partial charge in [-0.2, -0.15) is 0 Å². The van der Waals surface area contributed by atoms with Crippen molar-refractivity contribution in [2.75, 3.05) is 0 Å². The van der Waals surface area contributed by atoms with E-state index in [2.05, 4.69) is 31.2 Å². The van der Waals surface area contributed by atoms with E-state index >= 15 is 0 Å². The van der Waals surface area contributed by atoms with Crippen LogP contribution in [0.25, 0.3) is 11.5 Å². The second kappa shape index (κ2) is 4.37. The van der Waals surface area contributed by atoms with Crippen LogP contribution in [0.3, 0.4) is 0 Å². The molecule has 0 fully saturated rings. The van der Waals surface area contributed by atoms with Crippen LogP contribution in [0.15, 0.2) is 27.3 Å². The fraction of sp³-hybridized carbons (Fsp3) is 0.462. The monoisotopic (exact) mass is 234 g/mol. The molecule has 2 aromatic heterocycles. The summed E-state index contributed by atoms with van der Waals surface area (Å²) >= 11 is 0. The molecule has 0 aliphatic rings. The first kappa shape index (κ1) is 11.9. The summed E-state index contributed by atoms with van der Waals surface area (Å²) in [5.41, 5.74) is 2.01. The van der Waals surface area contributed by atoms with Gasteiger partial charge in [0, 0.05) is 17.6 Å². The summed E-state index contributed by atoms with van der Waals surface area (Å²) in [4.78, 5) is 0. The average Bonchev–Trinajstić information content (AvgIpc) is 2.83. The van der Waals surface area contributed by atoms with Crippen LogP contribution in [-0.2, 0) is 6.54 Å². The van der Waals surface area contributed by atoms with Gasteiger partial charge in [0.15, 0.2) is 5.76 Å². The summed E-state index contributed by atoms with van der Waals surface area (Å²) in [6, 6.07) is 3.71. The molecule has 0 amide bonds. The van der Waals surface area contributed by atoms with Crippen LogP contribution in [0.5, 0.6) is 0 Å². The topological polar surface area (TPSA) is 51.2 Å². The molecule has 4 heteroatoms. The number of nitrogens with zero attached hydrogens (tertiary/aromatic N) is 1. The van der Waals surface area contributed by atoms with Crippen molar-refractivity contribution in [2.45, 2.75) is 39.8 Å². The lowest BCUT2D eigenvalue weighted by Gasteiger charge is -2.19. The van der Waals surface area contributed by atoms with E-state index in [1.165, 1.54) is 0 Å². The van der Waals surface area contributed by atoms with Gasteiger partial charge in [0.1, 0.15) is 5.69 Å². The number of nitrogens with one attached hydrogen (secondary N) is 1.